The molecule has 0 aliphatic carbocycles. The Labute approximate surface area is 61.1 Å². The highest BCUT2D eigenvalue weighted by Gasteiger charge is 1.97. The molecule has 0 fully saturated rings. The molecule has 3 N–H and O–H groups in total. The van der Waals surface area contributed by atoms with Crippen LogP contribution in [0.25, 0.3) is 0 Å². The Morgan fingerprint density at radius 3 is 3.10 bits per heavy atom. The van der Waals surface area contributed by atoms with Gasteiger partial charge in [-0.15, -0.1) is 0 Å². The van der Waals surface area contributed by atoms with E-state index in [1.54, 1.807) is 0 Å². The van der Waals surface area contributed by atoms with E-state index in [4.69, 9.17) is 5.73 Å². The van der Waals surface area contributed by atoms with Crippen LogP contribution < -0.4 is 11.1 Å². The van der Waals surface area contributed by atoms with Gasteiger partial charge in [0, 0.05) is 13.1 Å². The molecule has 0 unspecified atom stereocenters. The summed E-state index contributed by atoms with van der Waals surface area (Å²) in [4.78, 5) is 0. The topological polar surface area (TPSA) is 38.0 Å². The standard InChI is InChI=1S/C8H12N2/c1-7(6-9)8-2-4-10-5-3-8/h2-4,10H,1,5-6,9H2. The van der Waals surface area contributed by atoms with Gasteiger partial charge in [-0.2, -0.15) is 0 Å². The molecular weight excluding hydrogens is 124 g/mol. The first-order valence-corrected chi connectivity index (χ1v) is 3.33. The van der Waals surface area contributed by atoms with E-state index in [1.165, 1.54) is 0 Å². The van der Waals surface area contributed by atoms with Crippen LogP contribution >= 0.6 is 0 Å². The summed E-state index contributed by atoms with van der Waals surface area (Å²) in [6.07, 6.45) is 5.98. The van der Waals surface area contributed by atoms with Gasteiger partial charge in [-0.1, -0.05) is 12.7 Å². The van der Waals surface area contributed by atoms with Crippen LogP contribution in [0.2, 0.25) is 0 Å². The minimum absolute atomic E-state index is 0.538. The van der Waals surface area contributed by atoms with Gasteiger partial charge in [0.2, 0.25) is 0 Å². The number of nitrogens with one attached hydrogen (secondary N) is 1. The molecule has 0 aromatic heterocycles. The molecule has 0 saturated carbocycles. The highest BCUT2D eigenvalue weighted by atomic mass is 14.8. The fourth-order valence-electron chi connectivity index (χ4n) is 0.834. The molecule has 1 heterocycles. The molecule has 0 saturated heterocycles. The maximum atomic E-state index is 5.41. The van der Waals surface area contributed by atoms with E-state index < -0.39 is 0 Å². The van der Waals surface area contributed by atoms with E-state index in [0.717, 1.165) is 17.7 Å². The average molecular weight is 136 g/mol. The number of rotatable bonds is 2. The van der Waals surface area contributed by atoms with Gasteiger partial charge in [0.1, 0.15) is 0 Å². The van der Waals surface area contributed by atoms with E-state index >= 15 is 0 Å². The Hall–Kier alpha value is -1.02. The quantitative estimate of drug-likeness (QED) is 0.581. The average Bonchev–Trinajstić information content (AvgIpc) is 2.05. The van der Waals surface area contributed by atoms with Crippen molar-refractivity contribution in [1.82, 2.24) is 5.32 Å². The lowest BCUT2D eigenvalue weighted by atomic mass is 10.1. The summed E-state index contributed by atoms with van der Waals surface area (Å²) in [5.74, 6) is 0. The third kappa shape index (κ3) is 1.48. The number of dihydropyridines is 1. The van der Waals surface area contributed by atoms with Gasteiger partial charge in [-0.05, 0) is 23.4 Å². The lowest BCUT2D eigenvalue weighted by molar-refractivity contribution is 0.956. The van der Waals surface area contributed by atoms with Crippen molar-refractivity contribution in [2.45, 2.75) is 0 Å². The molecule has 2 nitrogen and oxygen atoms in total. The van der Waals surface area contributed by atoms with Crippen molar-refractivity contribution in [1.29, 1.82) is 0 Å². The molecule has 1 aliphatic rings. The first-order chi connectivity index (χ1) is 4.84. The Bertz CT molecular complexity index is 189. The van der Waals surface area contributed by atoms with Crippen molar-refractivity contribution in [3.05, 3.63) is 36.1 Å². The summed E-state index contributed by atoms with van der Waals surface area (Å²) in [5.41, 5.74) is 7.56. The van der Waals surface area contributed by atoms with Crippen LogP contribution in [0.15, 0.2) is 36.1 Å². The van der Waals surface area contributed by atoms with Gasteiger partial charge < -0.3 is 11.1 Å². The second kappa shape index (κ2) is 3.22. The van der Waals surface area contributed by atoms with Gasteiger partial charge >= 0.3 is 0 Å². The Morgan fingerprint density at radius 1 is 1.80 bits per heavy atom. The molecule has 2 heteroatoms. The van der Waals surface area contributed by atoms with Gasteiger partial charge in [-0.25, -0.2) is 0 Å². The largest absolute Gasteiger partial charge is 0.387 e. The zero-order valence-electron chi connectivity index (χ0n) is 5.93. The predicted octanol–water partition coefficient (Wildman–Crippen LogP) is 0.545. The van der Waals surface area contributed by atoms with Crippen molar-refractivity contribution in [3.8, 4) is 0 Å². The summed E-state index contributed by atoms with van der Waals surface area (Å²) in [6.45, 7) is 5.24. The second-order valence-corrected chi connectivity index (χ2v) is 2.21. The van der Waals surface area contributed by atoms with Crippen LogP contribution in [-0.4, -0.2) is 13.1 Å². The zero-order valence-corrected chi connectivity index (χ0v) is 5.93. The number of hydrogen-bond donors (Lipinski definition) is 2. The van der Waals surface area contributed by atoms with Gasteiger partial charge in [-0.3, -0.25) is 0 Å². The molecule has 1 rings (SSSR count). The lowest BCUT2D eigenvalue weighted by Crippen LogP contribution is -2.12. The van der Waals surface area contributed by atoms with E-state index in [1.807, 2.05) is 12.3 Å². The minimum atomic E-state index is 0.538. The molecule has 54 valence electrons. The predicted molar refractivity (Wildman–Crippen MR) is 43.4 cm³/mol. The van der Waals surface area contributed by atoms with Crippen molar-refractivity contribution in [2.75, 3.05) is 13.1 Å². The van der Waals surface area contributed by atoms with Crippen molar-refractivity contribution < 1.29 is 0 Å². The third-order valence-electron chi connectivity index (χ3n) is 1.48. The Kier molecular flexibility index (Phi) is 2.29. The number of nitrogens with two attached hydrogens (primary N) is 1. The van der Waals surface area contributed by atoms with Crippen LogP contribution in [0.5, 0.6) is 0 Å². The van der Waals surface area contributed by atoms with E-state index in [2.05, 4.69) is 18.0 Å². The van der Waals surface area contributed by atoms with Crippen molar-refractivity contribution >= 4 is 0 Å². The normalized spacial score (nSPS) is 15.9. The molecule has 0 amide bonds. The van der Waals surface area contributed by atoms with Crippen LogP contribution in [0.4, 0.5) is 0 Å². The summed E-state index contributed by atoms with van der Waals surface area (Å²) in [6, 6.07) is 0. The fraction of sp³-hybridized carbons (Fsp3) is 0.250. The third-order valence-corrected chi connectivity index (χ3v) is 1.48. The van der Waals surface area contributed by atoms with Gasteiger partial charge in [0.15, 0.2) is 0 Å². The lowest BCUT2D eigenvalue weighted by Gasteiger charge is -2.08. The molecule has 0 spiro atoms. The Morgan fingerprint density at radius 2 is 2.60 bits per heavy atom. The maximum absolute atomic E-state index is 5.41. The molecule has 0 atom stereocenters. The van der Waals surface area contributed by atoms with Crippen LogP contribution in [0, 0.1) is 0 Å². The van der Waals surface area contributed by atoms with Gasteiger partial charge in [0.25, 0.3) is 0 Å². The summed E-state index contributed by atoms with van der Waals surface area (Å²) < 4.78 is 0. The van der Waals surface area contributed by atoms with Crippen LogP contribution in [-0.2, 0) is 0 Å². The number of hydrogen-bond acceptors (Lipinski definition) is 2. The smallest absolute Gasteiger partial charge is 0.0334 e. The molecule has 0 aromatic carbocycles. The first kappa shape index (κ1) is 7.09. The highest BCUT2D eigenvalue weighted by molar-refractivity contribution is 5.40. The van der Waals surface area contributed by atoms with E-state index in [-0.39, 0.29) is 0 Å². The van der Waals surface area contributed by atoms with Crippen LogP contribution in [0.3, 0.4) is 0 Å². The second-order valence-electron chi connectivity index (χ2n) is 2.21. The molecule has 0 bridgehead atoms. The highest BCUT2D eigenvalue weighted by Crippen LogP contribution is 2.08. The van der Waals surface area contributed by atoms with E-state index in [0.29, 0.717) is 6.54 Å². The zero-order chi connectivity index (χ0) is 7.40. The molecular formula is C8H12N2. The van der Waals surface area contributed by atoms with Crippen LogP contribution in [0.1, 0.15) is 0 Å². The fourth-order valence-corrected chi connectivity index (χ4v) is 0.834. The summed E-state index contributed by atoms with van der Waals surface area (Å²) in [5, 5.41) is 3.05. The molecule has 0 radical (unpaired) electrons. The van der Waals surface area contributed by atoms with Crippen molar-refractivity contribution in [3.63, 3.8) is 0 Å². The molecule has 0 aromatic rings. The SMILES string of the molecule is C=C(CN)C1=CCNC=C1. The molecule has 10 heavy (non-hydrogen) atoms. The Balaban J connectivity index is 2.63. The number of allylic oxidation sites excluding steroid dienone is 1. The minimum Gasteiger partial charge on any atom is -0.387 e. The monoisotopic (exact) mass is 136 g/mol. The maximum Gasteiger partial charge on any atom is 0.0334 e. The van der Waals surface area contributed by atoms with E-state index in [9.17, 15) is 0 Å². The summed E-state index contributed by atoms with van der Waals surface area (Å²) >= 11 is 0. The summed E-state index contributed by atoms with van der Waals surface area (Å²) in [7, 11) is 0. The molecule has 1 aliphatic heterocycles. The van der Waals surface area contributed by atoms with Gasteiger partial charge in [0.05, 0.1) is 0 Å². The first-order valence-electron chi connectivity index (χ1n) is 3.33. The van der Waals surface area contributed by atoms with Crippen molar-refractivity contribution in [2.24, 2.45) is 5.73 Å².